The van der Waals surface area contributed by atoms with Crippen molar-refractivity contribution in [1.29, 1.82) is 0 Å². The summed E-state index contributed by atoms with van der Waals surface area (Å²) in [5.74, 6) is 1.38. The van der Waals surface area contributed by atoms with Crippen molar-refractivity contribution in [3.05, 3.63) is 35.9 Å². The van der Waals surface area contributed by atoms with Crippen LogP contribution in [0.4, 0.5) is 11.9 Å². The summed E-state index contributed by atoms with van der Waals surface area (Å²) in [5, 5.41) is 0. The zero-order valence-corrected chi connectivity index (χ0v) is 16.5. The van der Waals surface area contributed by atoms with Crippen LogP contribution in [0.15, 0.2) is 24.5 Å². The Hall–Kier alpha value is -2.81. The Morgan fingerprint density at radius 3 is 2.11 bits per heavy atom. The molecule has 0 aliphatic carbocycles. The van der Waals surface area contributed by atoms with E-state index in [0.717, 1.165) is 64.0 Å². The van der Waals surface area contributed by atoms with Crippen LogP contribution in [-0.2, 0) is 0 Å². The van der Waals surface area contributed by atoms with E-state index in [-0.39, 0.29) is 5.91 Å². The van der Waals surface area contributed by atoms with Crippen molar-refractivity contribution in [3.63, 3.8) is 0 Å². The average molecular weight is 382 g/mol. The molecule has 0 spiro atoms. The third-order valence-corrected chi connectivity index (χ3v) is 5.25. The monoisotopic (exact) mass is 382 g/mol. The second-order valence-electron chi connectivity index (χ2n) is 7.31. The lowest BCUT2D eigenvalue weighted by atomic mass is 10.2. The summed E-state index contributed by atoms with van der Waals surface area (Å²) in [6.45, 7) is 8.31. The molecule has 4 heterocycles. The molecule has 9 nitrogen and oxygen atoms in total. The van der Waals surface area contributed by atoms with Gasteiger partial charge in [0.05, 0.1) is 0 Å². The number of piperazine rings is 2. The Labute approximate surface area is 165 Å². The largest absolute Gasteiger partial charge is 0.337 e. The molecule has 2 saturated heterocycles. The quantitative estimate of drug-likeness (QED) is 0.749. The Morgan fingerprint density at radius 1 is 0.857 bits per heavy atom. The van der Waals surface area contributed by atoms with Crippen molar-refractivity contribution in [2.75, 3.05) is 69.2 Å². The van der Waals surface area contributed by atoms with Crippen molar-refractivity contribution < 1.29 is 4.79 Å². The fourth-order valence-corrected chi connectivity index (χ4v) is 3.54. The van der Waals surface area contributed by atoms with Gasteiger partial charge in [-0.1, -0.05) is 0 Å². The normalized spacial score (nSPS) is 18.4. The summed E-state index contributed by atoms with van der Waals surface area (Å²) < 4.78 is 0. The van der Waals surface area contributed by atoms with Gasteiger partial charge in [0.25, 0.3) is 5.91 Å². The molecule has 0 saturated carbocycles. The summed E-state index contributed by atoms with van der Waals surface area (Å²) in [7, 11) is 2.08. The van der Waals surface area contributed by atoms with Gasteiger partial charge in [0.2, 0.25) is 11.9 Å². The number of nitrogens with zero attached hydrogens (tertiary/aromatic N) is 8. The number of hydrogen-bond acceptors (Lipinski definition) is 8. The molecule has 2 aromatic rings. The molecule has 2 fully saturated rings. The van der Waals surface area contributed by atoms with Gasteiger partial charge in [0.15, 0.2) is 0 Å². The highest BCUT2D eigenvalue weighted by atomic mass is 16.2. The number of aromatic nitrogens is 4. The van der Waals surface area contributed by atoms with Crippen LogP contribution in [0, 0.1) is 6.92 Å². The van der Waals surface area contributed by atoms with Gasteiger partial charge in [-0.05, 0) is 26.1 Å². The van der Waals surface area contributed by atoms with Crippen LogP contribution < -0.4 is 9.80 Å². The Kier molecular flexibility index (Phi) is 5.34. The molecule has 0 aromatic carbocycles. The molecular formula is C19H26N8O. The lowest BCUT2D eigenvalue weighted by molar-refractivity contribution is 0.0658. The van der Waals surface area contributed by atoms with Gasteiger partial charge >= 0.3 is 0 Å². The van der Waals surface area contributed by atoms with Crippen LogP contribution in [0.2, 0.25) is 0 Å². The molecule has 0 N–H and O–H groups in total. The van der Waals surface area contributed by atoms with Gasteiger partial charge in [-0.3, -0.25) is 4.79 Å². The van der Waals surface area contributed by atoms with Crippen LogP contribution >= 0.6 is 0 Å². The van der Waals surface area contributed by atoms with Crippen LogP contribution in [-0.4, -0.2) is 95.0 Å². The van der Waals surface area contributed by atoms with E-state index in [2.05, 4.69) is 41.7 Å². The molecule has 0 radical (unpaired) electrons. The minimum atomic E-state index is -0.00354. The predicted octanol–water partition coefficient (Wildman–Crippen LogP) is 0.289. The molecular weight excluding hydrogens is 356 g/mol. The van der Waals surface area contributed by atoms with Gasteiger partial charge in [-0.15, -0.1) is 0 Å². The zero-order chi connectivity index (χ0) is 19.5. The molecule has 2 aromatic heterocycles. The molecule has 9 heteroatoms. The Morgan fingerprint density at radius 2 is 1.46 bits per heavy atom. The van der Waals surface area contributed by atoms with Crippen molar-refractivity contribution in [1.82, 2.24) is 29.7 Å². The highest BCUT2D eigenvalue weighted by Gasteiger charge is 2.25. The molecule has 0 bridgehead atoms. The second kappa shape index (κ2) is 8.05. The number of carbonyl (C=O) groups is 1. The average Bonchev–Trinajstić information content (AvgIpc) is 2.74. The third-order valence-electron chi connectivity index (χ3n) is 5.25. The maximum absolute atomic E-state index is 12.9. The smallest absolute Gasteiger partial charge is 0.272 e. The van der Waals surface area contributed by atoms with E-state index >= 15 is 0 Å². The van der Waals surface area contributed by atoms with Crippen molar-refractivity contribution in [2.45, 2.75) is 6.92 Å². The van der Waals surface area contributed by atoms with Crippen molar-refractivity contribution >= 4 is 17.8 Å². The highest BCUT2D eigenvalue weighted by Crippen LogP contribution is 2.17. The summed E-state index contributed by atoms with van der Waals surface area (Å²) >= 11 is 0. The maximum Gasteiger partial charge on any atom is 0.272 e. The van der Waals surface area contributed by atoms with E-state index in [1.54, 1.807) is 18.5 Å². The van der Waals surface area contributed by atoms with E-state index in [9.17, 15) is 4.79 Å². The van der Waals surface area contributed by atoms with E-state index in [0.29, 0.717) is 11.6 Å². The van der Waals surface area contributed by atoms with Crippen LogP contribution in [0.3, 0.4) is 0 Å². The third kappa shape index (κ3) is 4.04. The van der Waals surface area contributed by atoms with Crippen molar-refractivity contribution in [2.24, 2.45) is 0 Å². The number of aryl methyl sites for hydroxylation is 1. The molecule has 0 atom stereocenters. The first-order valence-electron chi connectivity index (χ1n) is 9.70. The number of hydrogen-bond donors (Lipinski definition) is 0. The summed E-state index contributed by atoms with van der Waals surface area (Å²) in [6.07, 6.45) is 3.52. The van der Waals surface area contributed by atoms with Crippen LogP contribution in [0.25, 0.3) is 0 Å². The minimum Gasteiger partial charge on any atom is -0.337 e. The summed E-state index contributed by atoms with van der Waals surface area (Å²) in [6, 6.07) is 3.61. The number of likely N-dealkylation sites (N-methyl/N-ethyl adjacent to an activating group) is 1. The first-order chi connectivity index (χ1) is 13.6. The summed E-state index contributed by atoms with van der Waals surface area (Å²) in [4.78, 5) is 39.1. The summed E-state index contributed by atoms with van der Waals surface area (Å²) in [5.41, 5.74) is 1.30. The van der Waals surface area contributed by atoms with E-state index in [1.807, 2.05) is 17.9 Å². The van der Waals surface area contributed by atoms with Gasteiger partial charge in [0.1, 0.15) is 5.69 Å². The SMILES string of the molecule is Cc1cc(C(=O)N2CCN(C)CC2)nc(N2CCN(c3ncccn3)CC2)n1. The van der Waals surface area contributed by atoms with Crippen LogP contribution in [0.5, 0.6) is 0 Å². The van der Waals surface area contributed by atoms with E-state index in [1.165, 1.54) is 0 Å². The fourth-order valence-electron chi connectivity index (χ4n) is 3.54. The molecule has 28 heavy (non-hydrogen) atoms. The number of anilines is 2. The van der Waals surface area contributed by atoms with Crippen LogP contribution in [0.1, 0.15) is 16.2 Å². The van der Waals surface area contributed by atoms with Gasteiger partial charge < -0.3 is 19.6 Å². The zero-order valence-electron chi connectivity index (χ0n) is 16.5. The van der Waals surface area contributed by atoms with E-state index < -0.39 is 0 Å². The molecule has 1 amide bonds. The fraction of sp³-hybridized carbons (Fsp3) is 0.526. The molecule has 0 unspecified atom stereocenters. The first kappa shape index (κ1) is 18.5. The van der Waals surface area contributed by atoms with Crippen molar-refractivity contribution in [3.8, 4) is 0 Å². The van der Waals surface area contributed by atoms with Gasteiger partial charge in [-0.2, -0.15) is 0 Å². The standard InChI is InChI=1S/C19H26N8O/c1-15-14-16(17(28)25-8-6-24(2)7-9-25)23-19(22-15)27-12-10-26(11-13-27)18-20-4-3-5-21-18/h3-5,14H,6-13H2,1-2H3. The number of amides is 1. The Balaban J connectivity index is 1.45. The minimum absolute atomic E-state index is 0.00354. The molecule has 148 valence electrons. The molecule has 2 aliphatic heterocycles. The Bertz CT molecular complexity index is 814. The number of carbonyl (C=O) groups excluding carboxylic acids is 1. The molecule has 4 rings (SSSR count). The maximum atomic E-state index is 12.9. The van der Waals surface area contributed by atoms with E-state index in [4.69, 9.17) is 0 Å². The van der Waals surface area contributed by atoms with Gasteiger partial charge in [0, 0.05) is 70.4 Å². The lowest BCUT2D eigenvalue weighted by Crippen LogP contribution is -2.48. The number of rotatable bonds is 3. The molecule has 2 aliphatic rings. The highest BCUT2D eigenvalue weighted by molar-refractivity contribution is 5.92. The lowest BCUT2D eigenvalue weighted by Gasteiger charge is -2.35. The second-order valence-corrected chi connectivity index (χ2v) is 7.31. The first-order valence-corrected chi connectivity index (χ1v) is 9.70. The topological polar surface area (TPSA) is 81.6 Å². The predicted molar refractivity (Wildman–Crippen MR) is 107 cm³/mol. The van der Waals surface area contributed by atoms with Gasteiger partial charge in [-0.25, -0.2) is 19.9 Å².